The molecule has 2 bridgehead atoms. The molecule has 4 heterocycles. The first-order valence-electron chi connectivity index (χ1n) is 15.1. The van der Waals surface area contributed by atoms with Gasteiger partial charge < -0.3 is 19.7 Å². The third-order valence-electron chi connectivity index (χ3n) is 8.63. The molecule has 3 aliphatic rings. The maximum Gasteiger partial charge on any atom is 0.412 e. The van der Waals surface area contributed by atoms with E-state index in [-0.39, 0.29) is 18.4 Å². The zero-order valence-electron chi connectivity index (χ0n) is 24.9. The fourth-order valence-corrected chi connectivity index (χ4v) is 6.65. The van der Waals surface area contributed by atoms with E-state index in [0.29, 0.717) is 66.4 Å². The zero-order chi connectivity index (χ0) is 31.6. The third kappa shape index (κ3) is 6.44. The Balaban J connectivity index is 1.34. The van der Waals surface area contributed by atoms with Gasteiger partial charge in [-0.1, -0.05) is 30.5 Å². The molecule has 0 saturated carbocycles. The van der Waals surface area contributed by atoms with Crippen molar-refractivity contribution in [2.45, 2.75) is 56.5 Å². The van der Waals surface area contributed by atoms with Gasteiger partial charge in [-0.2, -0.15) is 0 Å². The number of pyridine rings is 1. The van der Waals surface area contributed by atoms with Crippen LogP contribution in [0.25, 0.3) is 11.1 Å². The Labute approximate surface area is 265 Å². The fraction of sp³-hybridized carbons (Fsp3) is 0.364. The summed E-state index contributed by atoms with van der Waals surface area (Å²) in [5.74, 6) is -0.758. The summed E-state index contributed by atoms with van der Waals surface area (Å²) >= 11 is 6.35. The lowest BCUT2D eigenvalue weighted by atomic mass is 9.82. The van der Waals surface area contributed by atoms with Crippen LogP contribution in [-0.4, -0.2) is 54.1 Å². The topological polar surface area (TPSA) is 139 Å². The van der Waals surface area contributed by atoms with Crippen LogP contribution in [0.2, 0.25) is 5.02 Å². The van der Waals surface area contributed by atoms with Crippen LogP contribution in [0, 0.1) is 0 Å². The number of fused-ring (bicyclic) bond motifs is 6. The number of halogens is 1. The number of piperidine rings is 1. The molecule has 11 nitrogen and oxygen atoms in total. The Kier molecular flexibility index (Phi) is 8.62. The first-order valence-corrected chi connectivity index (χ1v) is 15.5. The van der Waals surface area contributed by atoms with E-state index in [1.54, 1.807) is 47.5 Å². The van der Waals surface area contributed by atoms with Crippen molar-refractivity contribution < 1.29 is 28.7 Å². The van der Waals surface area contributed by atoms with E-state index < -0.39 is 23.7 Å². The minimum absolute atomic E-state index is 0.0844. The van der Waals surface area contributed by atoms with Crippen LogP contribution >= 0.6 is 11.6 Å². The van der Waals surface area contributed by atoms with Gasteiger partial charge in [0.1, 0.15) is 0 Å². The fourth-order valence-electron chi connectivity index (χ4n) is 6.48. The van der Waals surface area contributed by atoms with Crippen molar-refractivity contribution in [3.8, 4) is 11.1 Å². The number of methoxy groups -OCH3 is 1. The summed E-state index contributed by atoms with van der Waals surface area (Å²) < 4.78 is 10.6. The second-order valence-corrected chi connectivity index (χ2v) is 12.0. The molecule has 45 heavy (non-hydrogen) atoms. The van der Waals surface area contributed by atoms with Gasteiger partial charge >= 0.3 is 12.2 Å². The van der Waals surface area contributed by atoms with Crippen molar-refractivity contribution in [3.63, 3.8) is 0 Å². The molecule has 12 heteroatoms. The number of aromatic nitrogens is 1. The molecule has 6 rings (SSSR count). The van der Waals surface area contributed by atoms with E-state index in [2.05, 4.69) is 20.9 Å². The van der Waals surface area contributed by atoms with Crippen LogP contribution in [0.3, 0.4) is 0 Å². The Bertz CT molecular complexity index is 1660. The average Bonchev–Trinajstić information content (AvgIpc) is 3.03. The van der Waals surface area contributed by atoms with E-state index in [4.69, 9.17) is 21.1 Å². The van der Waals surface area contributed by atoms with Crippen molar-refractivity contribution in [1.29, 1.82) is 0 Å². The van der Waals surface area contributed by atoms with Gasteiger partial charge in [-0.3, -0.25) is 25.2 Å². The molecule has 2 aromatic carbocycles. The lowest BCUT2D eigenvalue weighted by Gasteiger charge is -2.45. The van der Waals surface area contributed by atoms with Crippen LogP contribution in [0.15, 0.2) is 54.7 Å². The molecule has 0 radical (unpaired) electrons. The molecule has 0 unspecified atom stereocenters. The number of anilines is 3. The van der Waals surface area contributed by atoms with E-state index in [9.17, 15) is 19.2 Å². The lowest BCUT2D eigenvalue weighted by molar-refractivity contribution is -0.141. The quantitative estimate of drug-likeness (QED) is 0.288. The van der Waals surface area contributed by atoms with Gasteiger partial charge in [-0.25, -0.2) is 9.59 Å². The molecule has 2 atom stereocenters. The lowest BCUT2D eigenvalue weighted by Crippen LogP contribution is -2.54. The highest BCUT2D eigenvalue weighted by Crippen LogP contribution is 2.44. The van der Waals surface area contributed by atoms with Gasteiger partial charge in [-0.15, -0.1) is 0 Å². The van der Waals surface area contributed by atoms with Crippen molar-refractivity contribution in [3.05, 3.63) is 71.0 Å². The SMILES string of the molecule is COC(=O)Nc1ccc2c(c1)NC(=O)CCCCC[C@H](C(=O)N1CCC[C@@]3(C1)OC(=O)Nc1ccc(Cl)cc13)c1cc-2ccn1. The molecule has 0 aliphatic carbocycles. The minimum Gasteiger partial charge on any atom is -0.453 e. The standard InChI is InChI=1S/C33H34ClN5O6/c1-44-31(42)36-22-9-10-23-20-12-14-35-27(16-20)24(6-3-2-4-7-29(40)37-28(23)18-22)30(41)39-15-5-13-33(19-39)25-17-21(34)8-11-26(25)38-32(43)45-33/h8-12,14,16-18,24H,2-7,13,15,19H2,1H3,(H,36,42)(H,37,40)(H,38,43)/t24-,33-/m0/s1. The average molecular weight is 632 g/mol. The first kappa shape index (κ1) is 30.4. The summed E-state index contributed by atoms with van der Waals surface area (Å²) in [6.07, 6.45) is 4.72. The molecule has 3 aromatic rings. The molecule has 1 aromatic heterocycles. The van der Waals surface area contributed by atoms with Crippen LogP contribution in [0.4, 0.5) is 26.7 Å². The highest BCUT2D eigenvalue weighted by Gasteiger charge is 2.47. The predicted octanol–water partition coefficient (Wildman–Crippen LogP) is 6.65. The van der Waals surface area contributed by atoms with Gasteiger partial charge in [-0.05, 0) is 73.7 Å². The van der Waals surface area contributed by atoms with Crippen LogP contribution in [0.1, 0.15) is 62.1 Å². The van der Waals surface area contributed by atoms with Gasteiger partial charge in [0.05, 0.1) is 36.6 Å². The molecule has 234 valence electrons. The highest BCUT2D eigenvalue weighted by molar-refractivity contribution is 6.30. The number of benzene rings is 2. The maximum absolute atomic E-state index is 14.4. The number of carbonyl (C=O) groups is 4. The molecular weight excluding hydrogens is 598 g/mol. The molecular formula is C33H34ClN5O6. The third-order valence-corrected chi connectivity index (χ3v) is 8.87. The van der Waals surface area contributed by atoms with Gasteiger partial charge in [0.2, 0.25) is 11.8 Å². The first-order chi connectivity index (χ1) is 21.7. The van der Waals surface area contributed by atoms with E-state index >= 15 is 0 Å². The van der Waals surface area contributed by atoms with Crippen LogP contribution in [0.5, 0.6) is 0 Å². The largest absolute Gasteiger partial charge is 0.453 e. The van der Waals surface area contributed by atoms with Crippen molar-refractivity contribution >= 4 is 52.7 Å². The summed E-state index contributed by atoms with van der Waals surface area (Å²) in [5, 5.41) is 8.90. The molecule has 3 aliphatic heterocycles. The van der Waals surface area contributed by atoms with Gasteiger partial charge in [0.15, 0.2) is 5.60 Å². The number of nitrogens with zero attached hydrogens (tertiary/aromatic N) is 2. The van der Waals surface area contributed by atoms with Gasteiger partial charge in [0.25, 0.3) is 0 Å². The Morgan fingerprint density at radius 1 is 1.04 bits per heavy atom. The smallest absolute Gasteiger partial charge is 0.412 e. The van der Waals surface area contributed by atoms with E-state index in [1.807, 2.05) is 12.1 Å². The number of likely N-dealkylation sites (tertiary alicyclic amines) is 1. The van der Waals surface area contributed by atoms with Crippen molar-refractivity contribution in [2.24, 2.45) is 0 Å². The summed E-state index contributed by atoms with van der Waals surface area (Å²) in [7, 11) is 1.28. The highest BCUT2D eigenvalue weighted by atomic mass is 35.5. The summed E-state index contributed by atoms with van der Waals surface area (Å²) in [6.45, 7) is 0.731. The number of rotatable bonds is 2. The molecule has 1 saturated heterocycles. The summed E-state index contributed by atoms with van der Waals surface area (Å²) in [6, 6.07) is 14.2. The maximum atomic E-state index is 14.4. The second kappa shape index (κ2) is 12.8. The minimum atomic E-state index is -1.00. The monoisotopic (exact) mass is 631 g/mol. The van der Waals surface area contributed by atoms with Crippen LogP contribution in [-0.2, 0) is 24.7 Å². The van der Waals surface area contributed by atoms with E-state index in [1.165, 1.54) is 7.11 Å². The number of nitrogens with one attached hydrogen (secondary N) is 3. The number of hydrogen-bond donors (Lipinski definition) is 3. The van der Waals surface area contributed by atoms with Crippen molar-refractivity contribution in [1.82, 2.24) is 9.88 Å². The number of hydrogen-bond acceptors (Lipinski definition) is 7. The number of carbonyl (C=O) groups excluding carboxylic acids is 4. The molecule has 1 spiro atoms. The zero-order valence-corrected chi connectivity index (χ0v) is 25.6. The Morgan fingerprint density at radius 2 is 1.91 bits per heavy atom. The van der Waals surface area contributed by atoms with Crippen LogP contribution < -0.4 is 16.0 Å². The normalized spacial score (nSPS) is 21.4. The second-order valence-electron chi connectivity index (χ2n) is 11.6. The molecule has 1 fully saturated rings. The Hall–Kier alpha value is -4.64. The van der Waals surface area contributed by atoms with E-state index in [0.717, 1.165) is 29.5 Å². The summed E-state index contributed by atoms with van der Waals surface area (Å²) in [4.78, 5) is 58.1. The Morgan fingerprint density at radius 3 is 2.76 bits per heavy atom. The number of ether oxygens (including phenoxy) is 2. The van der Waals surface area contributed by atoms with Crippen molar-refractivity contribution in [2.75, 3.05) is 36.1 Å². The predicted molar refractivity (Wildman–Crippen MR) is 169 cm³/mol. The number of amides is 4. The molecule has 3 N–H and O–H groups in total. The molecule has 4 amide bonds. The van der Waals surface area contributed by atoms with Gasteiger partial charge in [0, 0.05) is 41.0 Å². The summed E-state index contributed by atoms with van der Waals surface area (Å²) in [5.41, 5.74) is 3.49.